The monoisotopic (exact) mass is 464 g/mol. The third-order valence-corrected chi connectivity index (χ3v) is 5.69. The fraction of sp³-hybridized carbons (Fsp3) is 0.250. The lowest BCUT2D eigenvalue weighted by molar-refractivity contribution is -0.385. The van der Waals surface area contributed by atoms with Crippen LogP contribution in [0.25, 0.3) is 11.0 Å². The molecule has 2 heterocycles. The highest BCUT2D eigenvalue weighted by atomic mass is 16.6. The summed E-state index contributed by atoms with van der Waals surface area (Å²) in [6.45, 7) is 4.96. The van der Waals surface area contributed by atoms with E-state index in [1.54, 1.807) is 6.07 Å². The number of aryl methyl sites for hydroxylation is 1. The number of nitrogens with zero attached hydrogens (tertiary/aromatic N) is 2. The van der Waals surface area contributed by atoms with Gasteiger partial charge in [0.05, 0.1) is 10.5 Å². The number of esters is 1. The van der Waals surface area contributed by atoms with Gasteiger partial charge in [0, 0.05) is 23.1 Å². The summed E-state index contributed by atoms with van der Waals surface area (Å²) in [4.78, 5) is 60.7. The van der Waals surface area contributed by atoms with Gasteiger partial charge in [0.1, 0.15) is 24.3 Å². The normalized spacial score (nSPS) is 13.0. The second-order valence-electron chi connectivity index (χ2n) is 8.26. The van der Waals surface area contributed by atoms with Crippen molar-refractivity contribution in [1.82, 2.24) is 4.90 Å². The predicted molar refractivity (Wildman–Crippen MR) is 120 cm³/mol. The van der Waals surface area contributed by atoms with Crippen LogP contribution in [0.4, 0.5) is 5.69 Å². The Balaban J connectivity index is 1.55. The van der Waals surface area contributed by atoms with Gasteiger partial charge in [-0.3, -0.25) is 29.4 Å². The van der Waals surface area contributed by atoms with E-state index in [0.29, 0.717) is 21.4 Å². The van der Waals surface area contributed by atoms with Gasteiger partial charge in [0.25, 0.3) is 17.5 Å². The standard InChI is InChI=1S/C24H20N2O8/c1-12(2)16-9-17-14(8-20(27)34-19(17)7-13(16)3)11-33-21(28)10-25-23(29)15-5-4-6-18(26(31)32)22(15)24(25)30/h4-9,12H,10-11H2,1-3H3. The molecule has 10 nitrogen and oxygen atoms in total. The summed E-state index contributed by atoms with van der Waals surface area (Å²) in [7, 11) is 0. The summed E-state index contributed by atoms with van der Waals surface area (Å²) >= 11 is 0. The van der Waals surface area contributed by atoms with Gasteiger partial charge in [-0.15, -0.1) is 0 Å². The molecule has 2 amide bonds. The van der Waals surface area contributed by atoms with Crippen molar-refractivity contribution in [3.8, 4) is 0 Å². The summed E-state index contributed by atoms with van der Waals surface area (Å²) in [5.41, 5.74) is 1.16. The lowest BCUT2D eigenvalue weighted by Gasteiger charge is -2.15. The molecule has 1 aliphatic heterocycles. The van der Waals surface area contributed by atoms with Crippen molar-refractivity contribution < 1.29 is 28.5 Å². The molecule has 2 aromatic carbocycles. The highest BCUT2D eigenvalue weighted by Crippen LogP contribution is 2.31. The van der Waals surface area contributed by atoms with Crippen molar-refractivity contribution in [2.45, 2.75) is 33.3 Å². The van der Waals surface area contributed by atoms with Crippen molar-refractivity contribution in [2.75, 3.05) is 6.54 Å². The van der Waals surface area contributed by atoms with Crippen LogP contribution in [0.1, 0.15) is 57.2 Å². The molecule has 4 rings (SSSR count). The van der Waals surface area contributed by atoms with Gasteiger partial charge in [0.2, 0.25) is 0 Å². The molecule has 0 saturated heterocycles. The number of imide groups is 1. The number of carbonyl (C=O) groups excluding carboxylic acids is 3. The van der Waals surface area contributed by atoms with E-state index in [9.17, 15) is 29.3 Å². The van der Waals surface area contributed by atoms with E-state index in [-0.39, 0.29) is 23.7 Å². The molecule has 174 valence electrons. The zero-order valence-corrected chi connectivity index (χ0v) is 18.6. The molecule has 0 saturated carbocycles. The Morgan fingerprint density at radius 1 is 1.15 bits per heavy atom. The van der Waals surface area contributed by atoms with Gasteiger partial charge in [0.15, 0.2) is 0 Å². The van der Waals surface area contributed by atoms with Crippen molar-refractivity contribution >= 4 is 34.4 Å². The van der Waals surface area contributed by atoms with Gasteiger partial charge in [-0.05, 0) is 42.2 Å². The largest absolute Gasteiger partial charge is 0.459 e. The van der Waals surface area contributed by atoms with Gasteiger partial charge in [-0.1, -0.05) is 19.9 Å². The number of hydrogen-bond acceptors (Lipinski definition) is 8. The van der Waals surface area contributed by atoms with E-state index in [0.717, 1.165) is 17.2 Å². The third-order valence-electron chi connectivity index (χ3n) is 5.69. The van der Waals surface area contributed by atoms with E-state index in [4.69, 9.17) is 9.15 Å². The molecule has 0 spiro atoms. The van der Waals surface area contributed by atoms with Crippen LogP contribution in [0.15, 0.2) is 45.6 Å². The van der Waals surface area contributed by atoms with Crippen molar-refractivity contribution in [1.29, 1.82) is 0 Å². The number of fused-ring (bicyclic) bond motifs is 2. The summed E-state index contributed by atoms with van der Waals surface area (Å²) in [6, 6.07) is 8.56. The zero-order chi connectivity index (χ0) is 24.7. The first-order chi connectivity index (χ1) is 16.1. The molecule has 0 aliphatic carbocycles. The molecular weight excluding hydrogens is 444 g/mol. The van der Waals surface area contributed by atoms with Gasteiger partial charge >= 0.3 is 11.6 Å². The first kappa shape index (κ1) is 22.8. The summed E-state index contributed by atoms with van der Waals surface area (Å²) < 4.78 is 10.5. The number of rotatable bonds is 6. The lowest BCUT2D eigenvalue weighted by atomic mass is 9.95. The lowest BCUT2D eigenvalue weighted by Crippen LogP contribution is -2.35. The average Bonchev–Trinajstić information content (AvgIpc) is 3.01. The van der Waals surface area contributed by atoms with E-state index >= 15 is 0 Å². The van der Waals surface area contributed by atoms with Crippen molar-refractivity contribution in [3.05, 3.63) is 84.7 Å². The molecule has 0 radical (unpaired) electrons. The van der Waals surface area contributed by atoms with E-state index in [1.807, 2.05) is 26.8 Å². The van der Waals surface area contributed by atoms with Crippen LogP contribution in [0, 0.1) is 17.0 Å². The number of amides is 2. The minimum absolute atomic E-state index is 0.143. The minimum Gasteiger partial charge on any atom is -0.459 e. The van der Waals surface area contributed by atoms with Crippen LogP contribution >= 0.6 is 0 Å². The topological polar surface area (TPSA) is 137 Å². The van der Waals surface area contributed by atoms with E-state index < -0.39 is 40.6 Å². The van der Waals surface area contributed by atoms with Crippen molar-refractivity contribution in [3.63, 3.8) is 0 Å². The molecular formula is C24H20N2O8. The molecule has 1 aliphatic rings. The Morgan fingerprint density at radius 3 is 2.56 bits per heavy atom. The van der Waals surface area contributed by atoms with Crippen LogP contribution in [0.5, 0.6) is 0 Å². The Kier molecular flexibility index (Phi) is 5.74. The highest BCUT2D eigenvalue weighted by Gasteiger charge is 2.41. The average molecular weight is 464 g/mol. The maximum absolute atomic E-state index is 12.6. The molecule has 1 aromatic heterocycles. The summed E-state index contributed by atoms with van der Waals surface area (Å²) in [6.07, 6.45) is 0. The Bertz CT molecular complexity index is 1440. The van der Waals surface area contributed by atoms with Crippen LogP contribution in [0.3, 0.4) is 0 Å². The van der Waals surface area contributed by atoms with Gasteiger partial charge in [-0.25, -0.2) is 4.79 Å². The first-order valence-electron chi connectivity index (χ1n) is 10.4. The fourth-order valence-electron chi connectivity index (χ4n) is 4.08. The molecule has 0 N–H and O–H groups in total. The second-order valence-corrected chi connectivity index (χ2v) is 8.26. The number of nitro benzene ring substituents is 1. The van der Waals surface area contributed by atoms with Crippen LogP contribution in [-0.2, 0) is 16.1 Å². The maximum atomic E-state index is 12.6. The smallest absolute Gasteiger partial charge is 0.336 e. The number of ether oxygens (including phenoxy) is 1. The van der Waals surface area contributed by atoms with Crippen LogP contribution < -0.4 is 5.63 Å². The Morgan fingerprint density at radius 2 is 1.88 bits per heavy atom. The first-order valence-corrected chi connectivity index (χ1v) is 10.4. The Hall–Kier alpha value is -4.34. The van der Waals surface area contributed by atoms with Gasteiger partial charge < -0.3 is 9.15 Å². The quantitative estimate of drug-likeness (QED) is 0.178. The zero-order valence-electron chi connectivity index (χ0n) is 18.6. The summed E-state index contributed by atoms with van der Waals surface area (Å²) in [5, 5.41) is 11.8. The predicted octanol–water partition coefficient (Wildman–Crippen LogP) is 3.47. The molecule has 0 unspecified atom stereocenters. The summed E-state index contributed by atoms with van der Waals surface area (Å²) in [5.74, 6) is -2.45. The minimum atomic E-state index is -0.938. The third kappa shape index (κ3) is 3.94. The van der Waals surface area contributed by atoms with E-state index in [2.05, 4.69) is 0 Å². The number of hydrogen-bond donors (Lipinski definition) is 0. The molecule has 34 heavy (non-hydrogen) atoms. The second kappa shape index (κ2) is 8.54. The van der Waals surface area contributed by atoms with Crippen LogP contribution in [-0.4, -0.2) is 34.2 Å². The van der Waals surface area contributed by atoms with E-state index in [1.165, 1.54) is 18.2 Å². The molecule has 0 fully saturated rings. The number of nitro groups is 1. The Labute approximate surface area is 192 Å². The number of carbonyl (C=O) groups is 3. The SMILES string of the molecule is Cc1cc2oc(=O)cc(COC(=O)CN3C(=O)c4cccc([N+](=O)[O-])c4C3=O)c2cc1C(C)C. The number of benzene rings is 2. The highest BCUT2D eigenvalue weighted by molar-refractivity contribution is 6.24. The molecule has 10 heteroatoms. The maximum Gasteiger partial charge on any atom is 0.336 e. The molecule has 0 atom stereocenters. The van der Waals surface area contributed by atoms with Crippen LogP contribution in [0.2, 0.25) is 0 Å². The van der Waals surface area contributed by atoms with Gasteiger partial charge in [-0.2, -0.15) is 0 Å². The van der Waals surface area contributed by atoms with Crippen molar-refractivity contribution in [2.24, 2.45) is 0 Å². The molecule has 3 aromatic rings. The molecule has 0 bridgehead atoms. The fourth-order valence-corrected chi connectivity index (χ4v) is 4.08.